The Kier molecular flexibility index (Phi) is 2.88. The Morgan fingerprint density at radius 2 is 2.14 bits per heavy atom. The summed E-state index contributed by atoms with van der Waals surface area (Å²) in [7, 11) is 1.83. The van der Waals surface area contributed by atoms with Gasteiger partial charge in [0.2, 0.25) is 5.82 Å². The zero-order valence-corrected chi connectivity index (χ0v) is 8.94. The number of imidazole rings is 1. The van der Waals surface area contributed by atoms with Gasteiger partial charge in [0.1, 0.15) is 5.69 Å². The van der Waals surface area contributed by atoms with Crippen molar-refractivity contribution in [2.24, 2.45) is 7.05 Å². The van der Waals surface area contributed by atoms with Gasteiger partial charge in [0.15, 0.2) is 0 Å². The van der Waals surface area contributed by atoms with E-state index in [1.807, 2.05) is 32.4 Å². The molecule has 0 N–H and O–H groups in total. The maximum Gasteiger partial charge on any atom is 0.385 e. The number of hydrogen-bond acceptors (Lipinski definition) is 3. The van der Waals surface area contributed by atoms with Crippen LogP contribution in [0.25, 0.3) is 0 Å². The number of hydrogen-bond donors (Lipinski definition) is 0. The fraction of sp³-hybridized carbons (Fsp3) is 0.667. The first-order chi connectivity index (χ1) is 6.49. The van der Waals surface area contributed by atoms with Gasteiger partial charge in [0.05, 0.1) is 0 Å². The zero-order chi connectivity index (χ0) is 10.9. The molecule has 14 heavy (non-hydrogen) atoms. The number of nitro groups is 1. The number of rotatable bonds is 3. The molecule has 0 amide bonds. The van der Waals surface area contributed by atoms with E-state index in [9.17, 15) is 10.1 Å². The second kappa shape index (κ2) is 3.77. The van der Waals surface area contributed by atoms with Gasteiger partial charge in [-0.1, -0.05) is 20.8 Å². The summed E-state index contributed by atoms with van der Waals surface area (Å²) in [6.07, 6.45) is 0.631. The lowest BCUT2D eigenvalue weighted by molar-refractivity contribution is -0.390. The Labute approximate surface area is 82.9 Å². The average molecular weight is 197 g/mol. The quantitative estimate of drug-likeness (QED) is 0.550. The molecule has 0 saturated heterocycles. The molecule has 5 nitrogen and oxygen atoms in total. The van der Waals surface area contributed by atoms with E-state index >= 15 is 0 Å². The molecule has 1 aromatic rings. The van der Waals surface area contributed by atoms with Gasteiger partial charge in [-0.05, 0) is 16.3 Å². The zero-order valence-electron chi connectivity index (χ0n) is 8.94. The monoisotopic (exact) mass is 197 g/mol. The Balaban J connectivity index is 3.32. The Morgan fingerprint density at radius 1 is 1.57 bits per heavy atom. The summed E-state index contributed by atoms with van der Waals surface area (Å²) in [4.78, 5) is 14.3. The van der Waals surface area contributed by atoms with Crippen LogP contribution in [0.15, 0.2) is 0 Å². The smallest absolute Gasteiger partial charge is 0.358 e. The third kappa shape index (κ3) is 1.62. The third-order valence-corrected chi connectivity index (χ3v) is 2.25. The number of aromatic nitrogens is 2. The summed E-state index contributed by atoms with van der Waals surface area (Å²) >= 11 is 0. The molecule has 0 aromatic carbocycles. The fourth-order valence-electron chi connectivity index (χ4n) is 1.59. The van der Waals surface area contributed by atoms with Crippen molar-refractivity contribution in [3.05, 3.63) is 21.6 Å². The average Bonchev–Trinajstić information content (AvgIpc) is 2.42. The van der Waals surface area contributed by atoms with Crippen LogP contribution in [0.2, 0.25) is 0 Å². The summed E-state index contributed by atoms with van der Waals surface area (Å²) in [6.45, 7) is 5.85. The minimum Gasteiger partial charge on any atom is -0.358 e. The summed E-state index contributed by atoms with van der Waals surface area (Å²) in [6, 6.07) is 0. The molecule has 0 bridgehead atoms. The lowest BCUT2D eigenvalue weighted by atomic mass is 10.2. The van der Waals surface area contributed by atoms with E-state index in [0.29, 0.717) is 12.1 Å². The molecule has 1 rings (SSSR count). The van der Waals surface area contributed by atoms with E-state index in [1.165, 1.54) is 0 Å². The third-order valence-electron chi connectivity index (χ3n) is 2.25. The van der Waals surface area contributed by atoms with Crippen molar-refractivity contribution in [1.29, 1.82) is 0 Å². The van der Waals surface area contributed by atoms with Gasteiger partial charge in [-0.3, -0.25) is 0 Å². The second-order valence-electron chi connectivity index (χ2n) is 3.56. The summed E-state index contributed by atoms with van der Waals surface area (Å²) in [5.41, 5.74) is 0.693. The van der Waals surface area contributed by atoms with Crippen molar-refractivity contribution in [2.45, 2.75) is 33.1 Å². The van der Waals surface area contributed by atoms with Gasteiger partial charge >= 0.3 is 5.82 Å². The van der Waals surface area contributed by atoms with Crippen LogP contribution in [0.1, 0.15) is 38.2 Å². The lowest BCUT2D eigenvalue weighted by Gasteiger charge is -2.01. The Morgan fingerprint density at radius 3 is 2.43 bits per heavy atom. The highest BCUT2D eigenvalue weighted by atomic mass is 16.6. The van der Waals surface area contributed by atoms with Crippen LogP contribution in [-0.4, -0.2) is 14.5 Å². The Hall–Kier alpha value is -1.39. The van der Waals surface area contributed by atoms with Crippen LogP contribution in [0.3, 0.4) is 0 Å². The topological polar surface area (TPSA) is 61.0 Å². The maximum absolute atomic E-state index is 10.7. The summed E-state index contributed by atoms with van der Waals surface area (Å²) in [5.74, 6) is 0.978. The summed E-state index contributed by atoms with van der Waals surface area (Å²) in [5, 5.41) is 10.7. The van der Waals surface area contributed by atoms with Crippen molar-refractivity contribution in [2.75, 3.05) is 0 Å². The van der Waals surface area contributed by atoms with Crippen LogP contribution >= 0.6 is 0 Å². The van der Waals surface area contributed by atoms with E-state index < -0.39 is 4.92 Å². The van der Waals surface area contributed by atoms with E-state index in [-0.39, 0.29) is 11.7 Å². The highest BCUT2D eigenvalue weighted by Crippen LogP contribution is 2.23. The molecule has 0 fully saturated rings. The molecule has 78 valence electrons. The molecular formula is C9H15N3O2. The largest absolute Gasteiger partial charge is 0.385 e. The van der Waals surface area contributed by atoms with Crippen LogP contribution in [0, 0.1) is 10.1 Å². The van der Waals surface area contributed by atoms with Crippen molar-refractivity contribution >= 4 is 5.82 Å². The van der Waals surface area contributed by atoms with Gasteiger partial charge in [0, 0.05) is 13.0 Å². The lowest BCUT2D eigenvalue weighted by Crippen LogP contribution is -2.02. The molecular weight excluding hydrogens is 182 g/mol. The molecule has 1 heterocycles. The van der Waals surface area contributed by atoms with Gasteiger partial charge < -0.3 is 14.7 Å². The normalized spacial score (nSPS) is 10.9. The van der Waals surface area contributed by atoms with Gasteiger partial charge in [-0.15, -0.1) is 0 Å². The van der Waals surface area contributed by atoms with E-state index in [4.69, 9.17) is 0 Å². The standard InChI is InChI=1S/C9H15N3O2/c1-5-7-9(12(13)14)10-8(6(2)3)11(7)4/h6H,5H2,1-4H3. The minimum atomic E-state index is -0.412. The van der Waals surface area contributed by atoms with Crippen molar-refractivity contribution in [3.63, 3.8) is 0 Å². The highest BCUT2D eigenvalue weighted by Gasteiger charge is 2.25. The molecule has 0 unspecified atom stereocenters. The number of nitrogens with zero attached hydrogens (tertiary/aromatic N) is 3. The maximum atomic E-state index is 10.7. The predicted octanol–water partition coefficient (Wildman–Crippen LogP) is 2.01. The van der Waals surface area contributed by atoms with Crippen molar-refractivity contribution < 1.29 is 4.92 Å². The predicted molar refractivity (Wildman–Crippen MR) is 53.3 cm³/mol. The van der Waals surface area contributed by atoms with Crippen molar-refractivity contribution in [3.8, 4) is 0 Å². The second-order valence-corrected chi connectivity index (χ2v) is 3.56. The van der Waals surface area contributed by atoms with Crippen LogP contribution in [0.4, 0.5) is 5.82 Å². The van der Waals surface area contributed by atoms with E-state index in [2.05, 4.69) is 4.98 Å². The SMILES string of the molecule is CCc1c([N+](=O)[O-])nc(C(C)C)n1C. The fourth-order valence-corrected chi connectivity index (χ4v) is 1.59. The van der Waals surface area contributed by atoms with Crippen LogP contribution < -0.4 is 0 Å². The van der Waals surface area contributed by atoms with Crippen molar-refractivity contribution in [1.82, 2.24) is 9.55 Å². The van der Waals surface area contributed by atoms with Gasteiger partial charge in [0.25, 0.3) is 0 Å². The Bertz CT molecular complexity index is 355. The molecule has 0 radical (unpaired) electrons. The van der Waals surface area contributed by atoms with Crippen LogP contribution in [0.5, 0.6) is 0 Å². The molecule has 0 aliphatic rings. The first-order valence-corrected chi connectivity index (χ1v) is 4.68. The molecule has 0 atom stereocenters. The summed E-state index contributed by atoms with van der Waals surface area (Å²) < 4.78 is 1.82. The first-order valence-electron chi connectivity index (χ1n) is 4.68. The van der Waals surface area contributed by atoms with Crippen LogP contribution in [-0.2, 0) is 13.5 Å². The van der Waals surface area contributed by atoms with Gasteiger partial charge in [-0.25, -0.2) is 0 Å². The molecule has 5 heteroatoms. The molecule has 1 aromatic heterocycles. The molecule has 0 aliphatic heterocycles. The molecule has 0 saturated carbocycles. The van der Waals surface area contributed by atoms with E-state index in [0.717, 1.165) is 5.82 Å². The molecule has 0 aliphatic carbocycles. The minimum absolute atomic E-state index is 0.00120. The molecule has 0 spiro atoms. The van der Waals surface area contributed by atoms with E-state index in [1.54, 1.807) is 0 Å². The van der Waals surface area contributed by atoms with Gasteiger partial charge in [-0.2, -0.15) is 0 Å². The first kappa shape index (κ1) is 10.7. The highest BCUT2D eigenvalue weighted by molar-refractivity contribution is 5.30.